The number of hydrogen-bond acceptors (Lipinski definition) is 11. The lowest BCUT2D eigenvalue weighted by Gasteiger charge is -2.46. The third-order valence-electron chi connectivity index (χ3n) is 4.41. The Morgan fingerprint density at radius 3 is 2.00 bits per heavy atom. The van der Waals surface area contributed by atoms with E-state index in [9.17, 15) is 35.7 Å². The molecule has 0 aromatic carbocycles. The van der Waals surface area contributed by atoms with Gasteiger partial charge in [-0.1, -0.05) is 6.92 Å². The summed E-state index contributed by atoms with van der Waals surface area (Å²) in [6.45, 7) is 1.04. The molecule has 0 spiro atoms. The molecule has 148 valence electrons. The highest BCUT2D eigenvalue weighted by Crippen LogP contribution is 2.28. The van der Waals surface area contributed by atoms with Crippen molar-refractivity contribution >= 4 is 0 Å². The van der Waals surface area contributed by atoms with Crippen LogP contribution in [0.4, 0.5) is 0 Å². The molecule has 0 aliphatic carbocycles. The molecular formula is C14H27NO10. The van der Waals surface area contributed by atoms with Crippen LogP contribution in [0.3, 0.4) is 0 Å². The molecule has 25 heavy (non-hydrogen) atoms. The van der Waals surface area contributed by atoms with E-state index in [1.165, 1.54) is 0 Å². The highest BCUT2D eigenvalue weighted by atomic mass is 16.7. The zero-order valence-corrected chi connectivity index (χ0v) is 13.8. The topological polar surface area (TPSA) is 181 Å². The maximum absolute atomic E-state index is 10.3. The van der Waals surface area contributed by atoms with Crippen molar-refractivity contribution in [2.75, 3.05) is 19.8 Å². The van der Waals surface area contributed by atoms with Gasteiger partial charge in [0.2, 0.25) is 0 Å². The Morgan fingerprint density at radius 2 is 1.44 bits per heavy atom. The number of hydrogen-bond donors (Lipinski definition) is 8. The van der Waals surface area contributed by atoms with Crippen molar-refractivity contribution in [3.63, 3.8) is 0 Å². The quantitative estimate of drug-likeness (QED) is 0.225. The number of ether oxygens (including phenoxy) is 3. The van der Waals surface area contributed by atoms with E-state index in [0.29, 0.717) is 6.54 Å². The normalized spacial score (nSPS) is 48.5. The number of aliphatic hydroxyl groups excluding tert-OH is 7. The molecule has 0 aromatic rings. The molecular weight excluding hydrogens is 342 g/mol. The molecule has 1 unspecified atom stereocenters. The van der Waals surface area contributed by atoms with Gasteiger partial charge in [0.05, 0.1) is 13.2 Å². The van der Waals surface area contributed by atoms with Gasteiger partial charge >= 0.3 is 0 Å². The van der Waals surface area contributed by atoms with E-state index in [2.05, 4.69) is 5.32 Å². The van der Waals surface area contributed by atoms with Crippen LogP contribution in [-0.4, -0.2) is 117 Å². The minimum absolute atomic E-state index is 0.449. The lowest BCUT2D eigenvalue weighted by molar-refractivity contribution is -0.343. The fourth-order valence-electron chi connectivity index (χ4n) is 2.96. The summed E-state index contributed by atoms with van der Waals surface area (Å²) in [6, 6.07) is 0. The highest BCUT2D eigenvalue weighted by Gasteiger charge is 2.50. The Bertz CT molecular complexity index is 411. The maximum atomic E-state index is 10.3. The smallest absolute Gasteiger partial charge is 0.187 e. The van der Waals surface area contributed by atoms with Crippen LogP contribution < -0.4 is 5.32 Å². The summed E-state index contributed by atoms with van der Waals surface area (Å²) >= 11 is 0. The molecule has 2 aliphatic heterocycles. The van der Waals surface area contributed by atoms with Crippen molar-refractivity contribution in [3.8, 4) is 0 Å². The summed E-state index contributed by atoms with van der Waals surface area (Å²) in [5, 5.41) is 71.4. The van der Waals surface area contributed by atoms with E-state index in [1.807, 2.05) is 0 Å². The number of aliphatic hydroxyl groups is 7. The SMILES string of the molecule is CCNC1O[C@H](CO)[C@@H](O[C@@H]2O[C@H](CO)[C@H](O)[C@H](O)[C@H]2O)[C@H](O)[C@H]1O. The van der Waals surface area contributed by atoms with Crippen molar-refractivity contribution in [3.05, 3.63) is 0 Å². The summed E-state index contributed by atoms with van der Waals surface area (Å²) in [5.41, 5.74) is 0. The zero-order valence-electron chi connectivity index (χ0n) is 13.8. The fraction of sp³-hybridized carbons (Fsp3) is 1.00. The summed E-state index contributed by atoms with van der Waals surface area (Å²) in [5.74, 6) is 0. The Hall–Kier alpha value is -0.440. The molecule has 0 radical (unpaired) electrons. The molecule has 2 saturated heterocycles. The van der Waals surface area contributed by atoms with Crippen LogP contribution in [-0.2, 0) is 14.2 Å². The summed E-state index contributed by atoms with van der Waals surface area (Å²) in [4.78, 5) is 0. The monoisotopic (exact) mass is 369 g/mol. The maximum Gasteiger partial charge on any atom is 0.187 e. The van der Waals surface area contributed by atoms with Gasteiger partial charge in [0.1, 0.15) is 55.1 Å². The summed E-state index contributed by atoms with van der Waals surface area (Å²) in [7, 11) is 0. The molecule has 10 atom stereocenters. The van der Waals surface area contributed by atoms with Crippen molar-refractivity contribution < 1.29 is 50.0 Å². The Labute approximate surface area is 144 Å². The van der Waals surface area contributed by atoms with Crippen molar-refractivity contribution in [1.29, 1.82) is 0 Å². The third-order valence-corrected chi connectivity index (χ3v) is 4.41. The van der Waals surface area contributed by atoms with E-state index in [4.69, 9.17) is 14.2 Å². The molecule has 0 saturated carbocycles. The molecule has 2 rings (SSSR count). The van der Waals surface area contributed by atoms with Gasteiger partial charge in [-0.15, -0.1) is 0 Å². The van der Waals surface area contributed by atoms with Crippen LogP contribution >= 0.6 is 0 Å². The molecule has 2 heterocycles. The van der Waals surface area contributed by atoms with Crippen LogP contribution in [0.1, 0.15) is 6.92 Å². The van der Waals surface area contributed by atoms with Gasteiger partial charge in [0.25, 0.3) is 0 Å². The van der Waals surface area contributed by atoms with Gasteiger partial charge in [0.15, 0.2) is 6.29 Å². The lowest BCUT2D eigenvalue weighted by atomic mass is 9.96. The van der Waals surface area contributed by atoms with Crippen LogP contribution in [0.25, 0.3) is 0 Å². The minimum Gasteiger partial charge on any atom is -0.394 e. The summed E-state index contributed by atoms with van der Waals surface area (Å²) in [6.07, 6.45) is -13.7. The largest absolute Gasteiger partial charge is 0.394 e. The third kappa shape index (κ3) is 4.28. The van der Waals surface area contributed by atoms with Gasteiger partial charge in [-0.2, -0.15) is 0 Å². The Morgan fingerprint density at radius 1 is 0.800 bits per heavy atom. The molecule has 0 aromatic heterocycles. The van der Waals surface area contributed by atoms with E-state index >= 15 is 0 Å². The van der Waals surface area contributed by atoms with Gasteiger partial charge in [-0.05, 0) is 6.54 Å². The first kappa shape index (κ1) is 20.9. The molecule has 2 fully saturated rings. The zero-order chi connectivity index (χ0) is 18.7. The van der Waals surface area contributed by atoms with Gasteiger partial charge in [0, 0.05) is 0 Å². The minimum atomic E-state index is -1.67. The van der Waals surface area contributed by atoms with E-state index in [1.54, 1.807) is 6.92 Å². The first-order valence-corrected chi connectivity index (χ1v) is 8.17. The molecule has 11 heteroatoms. The van der Waals surface area contributed by atoms with Gasteiger partial charge in [-0.3, -0.25) is 5.32 Å². The molecule has 8 N–H and O–H groups in total. The highest BCUT2D eigenvalue weighted by molar-refractivity contribution is 4.95. The van der Waals surface area contributed by atoms with Crippen LogP contribution in [0.2, 0.25) is 0 Å². The van der Waals surface area contributed by atoms with E-state index in [0.717, 1.165) is 0 Å². The Balaban J connectivity index is 2.11. The Kier molecular flexibility index (Phi) is 7.49. The standard InChI is InChI=1S/C14H27NO10/c1-2-15-13-10(21)9(20)12(6(4-17)23-13)25-14-11(22)8(19)7(18)5(3-16)24-14/h5-22H,2-4H2,1H3/t5-,6-,7+,8+,9-,10-,11-,12-,13?,14+/m1/s1. The van der Waals surface area contributed by atoms with Crippen molar-refractivity contribution in [2.45, 2.75) is 68.3 Å². The second kappa shape index (κ2) is 8.97. The second-order valence-electron chi connectivity index (χ2n) is 6.11. The fourth-order valence-corrected chi connectivity index (χ4v) is 2.96. The average Bonchev–Trinajstić information content (AvgIpc) is 2.61. The van der Waals surface area contributed by atoms with Gasteiger partial charge < -0.3 is 50.0 Å². The number of nitrogens with one attached hydrogen (secondary N) is 1. The number of likely N-dealkylation sites (N-methyl/N-ethyl adjacent to an activating group) is 1. The summed E-state index contributed by atoms with van der Waals surface area (Å²) < 4.78 is 16.1. The predicted octanol–water partition coefficient (Wildman–Crippen LogP) is -4.78. The van der Waals surface area contributed by atoms with Crippen LogP contribution in [0, 0.1) is 0 Å². The second-order valence-corrected chi connectivity index (χ2v) is 6.11. The molecule has 0 bridgehead atoms. The molecule has 0 amide bonds. The van der Waals surface area contributed by atoms with Gasteiger partial charge in [-0.25, -0.2) is 0 Å². The van der Waals surface area contributed by atoms with Crippen molar-refractivity contribution in [1.82, 2.24) is 5.32 Å². The number of rotatable bonds is 6. The first-order valence-electron chi connectivity index (χ1n) is 8.17. The molecule has 11 nitrogen and oxygen atoms in total. The van der Waals surface area contributed by atoms with E-state index < -0.39 is 74.6 Å². The average molecular weight is 369 g/mol. The van der Waals surface area contributed by atoms with E-state index in [-0.39, 0.29) is 0 Å². The molecule has 2 aliphatic rings. The van der Waals surface area contributed by atoms with Crippen molar-refractivity contribution in [2.24, 2.45) is 0 Å². The predicted molar refractivity (Wildman–Crippen MR) is 80.1 cm³/mol. The first-order chi connectivity index (χ1) is 11.8. The lowest BCUT2D eigenvalue weighted by Crippen LogP contribution is -2.66. The van der Waals surface area contributed by atoms with Crippen LogP contribution in [0.15, 0.2) is 0 Å². The van der Waals surface area contributed by atoms with Crippen LogP contribution in [0.5, 0.6) is 0 Å².